The summed E-state index contributed by atoms with van der Waals surface area (Å²) in [6, 6.07) is -1.24. The van der Waals surface area contributed by atoms with Gasteiger partial charge in [0.05, 0.1) is 6.61 Å². The Labute approximate surface area is 150 Å². The number of amides is 2. The summed E-state index contributed by atoms with van der Waals surface area (Å²) >= 11 is 0. The number of carbonyl (C=O) groups excluding carboxylic acids is 2. The second-order valence-corrected chi connectivity index (χ2v) is 5.85. The molecule has 2 amide bonds. The van der Waals surface area contributed by atoms with Crippen LogP contribution in [-0.2, 0) is 9.59 Å². The summed E-state index contributed by atoms with van der Waals surface area (Å²) in [5.41, 5.74) is 2.37. The number of hydrogen-bond donors (Lipinski definition) is 2. The first-order valence-corrected chi connectivity index (χ1v) is 8.99. The van der Waals surface area contributed by atoms with Crippen LogP contribution in [0.3, 0.4) is 0 Å². The van der Waals surface area contributed by atoms with Crippen LogP contribution in [0.25, 0.3) is 0 Å². The minimum absolute atomic E-state index is 0.177. The van der Waals surface area contributed by atoms with Gasteiger partial charge in [0.15, 0.2) is 6.54 Å². The fraction of sp³-hybridized carbons (Fsp3) is 0.765. The van der Waals surface area contributed by atoms with Crippen LogP contribution in [0.5, 0.6) is 0 Å². The molecule has 0 aliphatic carbocycles. The zero-order valence-corrected chi connectivity index (χ0v) is 15.6. The molecule has 0 fully saturated rings. The van der Waals surface area contributed by atoms with E-state index in [0.29, 0.717) is 11.3 Å². The van der Waals surface area contributed by atoms with E-state index >= 15 is 0 Å². The maximum absolute atomic E-state index is 12.4. The number of hydrogen-bond acceptors (Lipinski definition) is 5. The van der Waals surface area contributed by atoms with Crippen molar-refractivity contribution in [2.24, 2.45) is 5.11 Å². The molecule has 0 aromatic heterocycles. The summed E-state index contributed by atoms with van der Waals surface area (Å²) in [6.07, 6.45) is 9.61. The Kier molecular flexibility index (Phi) is 13.3. The van der Waals surface area contributed by atoms with Gasteiger partial charge < -0.3 is 10.3 Å². The van der Waals surface area contributed by atoms with Crippen molar-refractivity contribution in [1.82, 2.24) is 10.4 Å². The van der Waals surface area contributed by atoms with Crippen molar-refractivity contribution in [3.8, 4) is 0 Å². The Bertz CT molecular complexity index is 452. The molecule has 8 heteroatoms. The Morgan fingerprint density at radius 1 is 1.24 bits per heavy atom. The summed E-state index contributed by atoms with van der Waals surface area (Å²) in [4.78, 5) is 24.2. The van der Waals surface area contributed by atoms with E-state index in [2.05, 4.69) is 24.4 Å². The third kappa shape index (κ3) is 11.3. The Hall–Kier alpha value is -1.96. The lowest BCUT2D eigenvalue weighted by Crippen LogP contribution is -2.47. The first-order chi connectivity index (χ1) is 12.0. The van der Waals surface area contributed by atoms with E-state index in [1.807, 2.05) is 0 Å². The van der Waals surface area contributed by atoms with Gasteiger partial charge in [-0.25, -0.2) is 5.01 Å². The lowest BCUT2D eigenvalue weighted by molar-refractivity contribution is -0.533. The van der Waals surface area contributed by atoms with Gasteiger partial charge in [-0.2, -0.15) is 0 Å². The average Bonchev–Trinajstić information content (AvgIpc) is 2.58. The standard InChI is InChI=1S/C17H32N4O4/c1-4-6-8-10-12-20(18-15(3)23)17(24)16(14-22)19-21(25)13-11-9-7-5-2/h10,12,16,22H,4-9,11,13-14H2,1-3H3,(H,18,23)/b12-10-,21-19?. The maximum Gasteiger partial charge on any atom is 0.278 e. The van der Waals surface area contributed by atoms with Gasteiger partial charge in [-0.1, -0.05) is 50.5 Å². The molecular weight excluding hydrogens is 324 g/mol. The summed E-state index contributed by atoms with van der Waals surface area (Å²) in [6.45, 7) is 4.97. The van der Waals surface area contributed by atoms with Gasteiger partial charge in [-0.15, -0.1) is 0 Å². The Morgan fingerprint density at radius 2 is 1.92 bits per heavy atom. The quantitative estimate of drug-likeness (QED) is 0.242. The molecule has 0 spiro atoms. The van der Waals surface area contributed by atoms with Crippen molar-refractivity contribution >= 4 is 11.8 Å². The molecule has 0 bridgehead atoms. The van der Waals surface area contributed by atoms with Crippen LogP contribution < -0.4 is 5.43 Å². The second kappa shape index (κ2) is 14.4. The second-order valence-electron chi connectivity index (χ2n) is 5.85. The van der Waals surface area contributed by atoms with E-state index in [4.69, 9.17) is 0 Å². The molecule has 25 heavy (non-hydrogen) atoms. The lowest BCUT2D eigenvalue weighted by Gasteiger charge is -2.20. The van der Waals surface area contributed by atoms with Crippen LogP contribution in [-0.4, -0.2) is 46.0 Å². The molecular formula is C17H32N4O4. The van der Waals surface area contributed by atoms with Gasteiger partial charge >= 0.3 is 0 Å². The van der Waals surface area contributed by atoms with E-state index in [9.17, 15) is 19.9 Å². The number of aliphatic hydroxyl groups is 1. The zero-order chi connectivity index (χ0) is 19.1. The normalized spacial score (nSPS) is 13.0. The largest absolute Gasteiger partial charge is 0.600 e. The average molecular weight is 356 g/mol. The topological polar surface area (TPSA) is 108 Å². The minimum Gasteiger partial charge on any atom is -0.600 e. The molecule has 0 radical (unpaired) electrons. The lowest BCUT2D eigenvalue weighted by atomic mass is 10.2. The molecule has 0 aromatic rings. The summed E-state index contributed by atoms with van der Waals surface area (Å²) in [7, 11) is 0. The molecule has 0 heterocycles. The molecule has 0 saturated heterocycles. The molecule has 0 aliphatic rings. The van der Waals surface area contributed by atoms with E-state index < -0.39 is 24.5 Å². The summed E-state index contributed by atoms with van der Waals surface area (Å²) < 4.78 is 0. The number of nitrogens with zero attached hydrogens (tertiary/aromatic N) is 3. The fourth-order valence-electron chi connectivity index (χ4n) is 2.05. The fourth-order valence-corrected chi connectivity index (χ4v) is 2.05. The number of hydrazine groups is 1. The monoisotopic (exact) mass is 356 g/mol. The van der Waals surface area contributed by atoms with E-state index in [1.54, 1.807) is 6.08 Å². The van der Waals surface area contributed by atoms with Crippen molar-refractivity contribution in [2.45, 2.75) is 71.8 Å². The molecule has 0 aliphatic heterocycles. The minimum atomic E-state index is -1.24. The van der Waals surface area contributed by atoms with Crippen LogP contribution in [0.1, 0.15) is 65.7 Å². The number of azo groups is 1. The number of unbranched alkanes of at least 4 members (excludes halogenated alkanes) is 5. The van der Waals surface area contributed by atoms with E-state index in [1.165, 1.54) is 13.1 Å². The molecule has 8 nitrogen and oxygen atoms in total. The Balaban J connectivity index is 4.88. The van der Waals surface area contributed by atoms with Gasteiger partial charge in [0.25, 0.3) is 5.91 Å². The van der Waals surface area contributed by atoms with Crippen LogP contribution >= 0.6 is 0 Å². The van der Waals surface area contributed by atoms with Crippen molar-refractivity contribution in [3.05, 3.63) is 17.5 Å². The first-order valence-electron chi connectivity index (χ1n) is 8.99. The van der Waals surface area contributed by atoms with Gasteiger partial charge in [-0.05, 0) is 18.0 Å². The predicted molar refractivity (Wildman–Crippen MR) is 95.3 cm³/mol. The highest BCUT2D eigenvalue weighted by Crippen LogP contribution is 2.04. The van der Waals surface area contributed by atoms with Crippen LogP contribution in [0.15, 0.2) is 17.4 Å². The van der Waals surface area contributed by atoms with Crippen molar-refractivity contribution in [3.63, 3.8) is 0 Å². The first kappa shape index (κ1) is 23.0. The molecule has 2 N–H and O–H groups in total. The van der Waals surface area contributed by atoms with Gasteiger partial charge in [0.1, 0.15) is 0 Å². The number of rotatable bonds is 12. The summed E-state index contributed by atoms with van der Waals surface area (Å²) in [5.74, 6) is -1.08. The number of carbonyl (C=O) groups is 2. The van der Waals surface area contributed by atoms with E-state index in [0.717, 1.165) is 43.5 Å². The molecule has 144 valence electrons. The summed E-state index contributed by atoms with van der Waals surface area (Å²) in [5, 5.41) is 25.9. The molecule has 1 atom stereocenters. The molecule has 0 rings (SSSR count). The SMILES string of the molecule is CCCC/C=C\N(NC(C)=O)C(=O)C(CO)N=[N+]([O-])CCCCCC. The smallest absolute Gasteiger partial charge is 0.278 e. The number of aliphatic hydroxyl groups excluding tert-OH is 1. The number of nitrogens with one attached hydrogen (secondary N) is 1. The van der Waals surface area contributed by atoms with E-state index in [-0.39, 0.29) is 6.54 Å². The maximum atomic E-state index is 12.4. The molecule has 1 unspecified atom stereocenters. The van der Waals surface area contributed by atoms with Crippen LogP contribution in [0.2, 0.25) is 0 Å². The van der Waals surface area contributed by atoms with Gasteiger partial charge in [0.2, 0.25) is 11.9 Å². The number of allylic oxidation sites excluding steroid dienone is 1. The van der Waals surface area contributed by atoms with Gasteiger partial charge in [-0.3, -0.25) is 15.0 Å². The third-order valence-corrected chi connectivity index (χ3v) is 3.42. The predicted octanol–water partition coefficient (Wildman–Crippen LogP) is 2.47. The van der Waals surface area contributed by atoms with Crippen molar-refractivity contribution in [1.29, 1.82) is 0 Å². The van der Waals surface area contributed by atoms with Crippen molar-refractivity contribution in [2.75, 3.05) is 13.2 Å². The zero-order valence-electron chi connectivity index (χ0n) is 15.6. The van der Waals surface area contributed by atoms with Gasteiger partial charge in [0, 0.05) is 19.5 Å². The Morgan fingerprint density at radius 3 is 2.48 bits per heavy atom. The van der Waals surface area contributed by atoms with Crippen LogP contribution in [0, 0.1) is 5.21 Å². The van der Waals surface area contributed by atoms with Crippen LogP contribution in [0.4, 0.5) is 0 Å². The third-order valence-electron chi connectivity index (χ3n) is 3.42. The van der Waals surface area contributed by atoms with Crippen molar-refractivity contribution < 1.29 is 19.6 Å². The highest BCUT2D eigenvalue weighted by Gasteiger charge is 2.26. The highest BCUT2D eigenvalue weighted by atomic mass is 16.5. The number of hydroxylamine groups is 1. The molecule has 0 saturated carbocycles. The highest BCUT2D eigenvalue weighted by molar-refractivity contribution is 5.85. The molecule has 0 aromatic carbocycles.